The standard InChI is InChI=1S/C17H22N4OS/c1-3-15-19-20-16(23-15)10-18-17(22)14-9-12-7-5-6-8-13(12)11-21(14)4-2/h5-8,14H,3-4,9-11H2,1-2H3,(H,18,22). The maximum Gasteiger partial charge on any atom is 0.238 e. The van der Waals surface area contributed by atoms with Crippen molar-refractivity contribution in [1.82, 2.24) is 20.4 Å². The number of fused-ring (bicyclic) bond motifs is 1. The number of nitrogens with one attached hydrogen (secondary N) is 1. The fraction of sp³-hybridized carbons (Fsp3) is 0.471. The van der Waals surface area contributed by atoms with E-state index < -0.39 is 0 Å². The van der Waals surface area contributed by atoms with E-state index in [1.54, 1.807) is 11.3 Å². The zero-order chi connectivity index (χ0) is 16.2. The highest BCUT2D eigenvalue weighted by atomic mass is 32.1. The Kier molecular flexibility index (Phi) is 5.03. The smallest absolute Gasteiger partial charge is 0.238 e. The molecule has 1 N–H and O–H groups in total. The lowest BCUT2D eigenvalue weighted by Crippen LogP contribution is -2.49. The molecule has 0 spiro atoms. The molecule has 1 aliphatic rings. The molecule has 0 aliphatic carbocycles. The minimum absolute atomic E-state index is 0.0783. The molecule has 1 aromatic carbocycles. The van der Waals surface area contributed by atoms with E-state index in [4.69, 9.17) is 0 Å². The minimum atomic E-state index is -0.103. The lowest BCUT2D eigenvalue weighted by molar-refractivity contribution is -0.127. The van der Waals surface area contributed by atoms with Crippen LogP contribution in [0.3, 0.4) is 0 Å². The summed E-state index contributed by atoms with van der Waals surface area (Å²) in [6, 6.07) is 8.28. The third kappa shape index (κ3) is 3.59. The Morgan fingerprint density at radius 1 is 1.26 bits per heavy atom. The van der Waals surface area contributed by atoms with E-state index in [1.807, 2.05) is 6.07 Å². The van der Waals surface area contributed by atoms with Crippen molar-refractivity contribution < 1.29 is 4.79 Å². The fourth-order valence-corrected chi connectivity index (χ4v) is 3.68. The molecule has 3 rings (SSSR count). The molecule has 1 aromatic heterocycles. The summed E-state index contributed by atoms with van der Waals surface area (Å²) in [6.07, 6.45) is 1.65. The number of likely N-dealkylation sites (N-methyl/N-ethyl adjacent to an activating group) is 1. The highest BCUT2D eigenvalue weighted by Gasteiger charge is 2.30. The van der Waals surface area contributed by atoms with Crippen molar-refractivity contribution in [2.75, 3.05) is 6.54 Å². The van der Waals surface area contributed by atoms with Crippen molar-refractivity contribution in [2.45, 2.75) is 45.8 Å². The van der Waals surface area contributed by atoms with Crippen molar-refractivity contribution in [1.29, 1.82) is 0 Å². The van der Waals surface area contributed by atoms with Gasteiger partial charge in [0.15, 0.2) is 0 Å². The molecule has 23 heavy (non-hydrogen) atoms. The maximum atomic E-state index is 12.6. The van der Waals surface area contributed by atoms with Crippen molar-refractivity contribution in [3.05, 3.63) is 45.4 Å². The molecule has 0 radical (unpaired) electrons. The lowest BCUT2D eigenvalue weighted by Gasteiger charge is -2.35. The molecule has 1 unspecified atom stereocenters. The van der Waals surface area contributed by atoms with Gasteiger partial charge in [-0.15, -0.1) is 10.2 Å². The number of aromatic nitrogens is 2. The van der Waals surface area contributed by atoms with Crippen LogP contribution in [-0.2, 0) is 30.7 Å². The van der Waals surface area contributed by atoms with E-state index in [2.05, 4.69) is 52.5 Å². The van der Waals surface area contributed by atoms with Gasteiger partial charge in [-0.1, -0.05) is 49.4 Å². The Morgan fingerprint density at radius 2 is 2.00 bits per heavy atom. The SMILES string of the molecule is CCc1nnc(CNC(=O)C2Cc3ccccc3CN2CC)s1. The Labute approximate surface area is 140 Å². The molecule has 0 saturated carbocycles. The second kappa shape index (κ2) is 7.19. The first kappa shape index (κ1) is 16.1. The third-order valence-corrected chi connectivity index (χ3v) is 5.35. The van der Waals surface area contributed by atoms with E-state index in [9.17, 15) is 4.79 Å². The lowest BCUT2D eigenvalue weighted by atomic mass is 9.93. The summed E-state index contributed by atoms with van der Waals surface area (Å²) in [5.74, 6) is 0.0783. The van der Waals surface area contributed by atoms with Gasteiger partial charge < -0.3 is 5.32 Å². The first-order valence-corrected chi connectivity index (χ1v) is 8.92. The third-order valence-electron chi connectivity index (χ3n) is 4.28. The number of carbonyl (C=O) groups excluding carboxylic acids is 1. The Balaban J connectivity index is 1.66. The highest BCUT2D eigenvalue weighted by Crippen LogP contribution is 2.23. The van der Waals surface area contributed by atoms with E-state index in [1.165, 1.54) is 11.1 Å². The molecule has 0 fully saturated rings. The van der Waals surface area contributed by atoms with Crippen LogP contribution >= 0.6 is 11.3 Å². The van der Waals surface area contributed by atoms with Crippen molar-refractivity contribution in [3.8, 4) is 0 Å². The van der Waals surface area contributed by atoms with Gasteiger partial charge in [-0.2, -0.15) is 0 Å². The minimum Gasteiger partial charge on any atom is -0.348 e. The van der Waals surface area contributed by atoms with Gasteiger partial charge in [0, 0.05) is 6.54 Å². The van der Waals surface area contributed by atoms with Crippen LogP contribution in [0, 0.1) is 0 Å². The molecule has 5 nitrogen and oxygen atoms in total. The van der Waals surface area contributed by atoms with Gasteiger partial charge in [0.25, 0.3) is 0 Å². The van der Waals surface area contributed by atoms with E-state index in [0.717, 1.165) is 35.9 Å². The number of hydrogen-bond acceptors (Lipinski definition) is 5. The number of nitrogens with zero attached hydrogens (tertiary/aromatic N) is 3. The predicted octanol–water partition coefficient (Wildman–Crippen LogP) is 2.16. The molecule has 0 saturated heterocycles. The topological polar surface area (TPSA) is 58.1 Å². The summed E-state index contributed by atoms with van der Waals surface area (Å²) in [5, 5.41) is 13.1. The molecular formula is C17H22N4OS. The zero-order valence-corrected chi connectivity index (χ0v) is 14.4. The summed E-state index contributed by atoms with van der Waals surface area (Å²) < 4.78 is 0. The van der Waals surface area contributed by atoms with Gasteiger partial charge in [0.2, 0.25) is 5.91 Å². The van der Waals surface area contributed by atoms with Gasteiger partial charge >= 0.3 is 0 Å². The van der Waals surface area contributed by atoms with Crippen molar-refractivity contribution in [3.63, 3.8) is 0 Å². The summed E-state index contributed by atoms with van der Waals surface area (Å²) in [7, 11) is 0. The Bertz CT molecular complexity index is 685. The monoisotopic (exact) mass is 330 g/mol. The van der Waals surface area contributed by atoms with Gasteiger partial charge in [-0.3, -0.25) is 9.69 Å². The predicted molar refractivity (Wildman–Crippen MR) is 91.2 cm³/mol. The molecule has 2 aromatic rings. The number of amides is 1. The molecule has 0 bridgehead atoms. The fourth-order valence-electron chi connectivity index (χ4n) is 2.95. The number of benzene rings is 1. The van der Waals surface area contributed by atoms with Crippen LogP contribution in [-0.4, -0.2) is 33.6 Å². The van der Waals surface area contributed by atoms with Gasteiger partial charge in [0.1, 0.15) is 10.0 Å². The van der Waals surface area contributed by atoms with Crippen LogP contribution < -0.4 is 5.32 Å². The molecular weight excluding hydrogens is 308 g/mol. The van der Waals surface area contributed by atoms with Crippen LogP contribution in [0.5, 0.6) is 0 Å². The van der Waals surface area contributed by atoms with Gasteiger partial charge in [0.05, 0.1) is 12.6 Å². The first-order valence-electron chi connectivity index (χ1n) is 8.11. The number of carbonyl (C=O) groups is 1. The average Bonchev–Trinajstić information content (AvgIpc) is 3.06. The van der Waals surface area contributed by atoms with Crippen LogP contribution in [0.1, 0.15) is 35.0 Å². The molecule has 2 heterocycles. The molecule has 6 heteroatoms. The maximum absolute atomic E-state index is 12.6. The second-order valence-electron chi connectivity index (χ2n) is 5.71. The van der Waals surface area contributed by atoms with Crippen LogP contribution in [0.25, 0.3) is 0 Å². The van der Waals surface area contributed by atoms with Crippen molar-refractivity contribution in [2.24, 2.45) is 0 Å². The summed E-state index contributed by atoms with van der Waals surface area (Å²) in [6.45, 7) is 6.33. The summed E-state index contributed by atoms with van der Waals surface area (Å²) in [4.78, 5) is 14.9. The Morgan fingerprint density at radius 3 is 2.70 bits per heavy atom. The molecule has 1 aliphatic heterocycles. The second-order valence-corrected chi connectivity index (χ2v) is 6.86. The quantitative estimate of drug-likeness (QED) is 0.913. The van der Waals surface area contributed by atoms with Crippen LogP contribution in [0.4, 0.5) is 0 Å². The average molecular weight is 330 g/mol. The van der Waals surface area contributed by atoms with Crippen LogP contribution in [0.15, 0.2) is 24.3 Å². The highest BCUT2D eigenvalue weighted by molar-refractivity contribution is 7.11. The van der Waals surface area contributed by atoms with Gasteiger partial charge in [-0.25, -0.2) is 0 Å². The number of aryl methyl sites for hydroxylation is 1. The van der Waals surface area contributed by atoms with Crippen LogP contribution in [0.2, 0.25) is 0 Å². The Hall–Kier alpha value is -1.79. The van der Waals surface area contributed by atoms with E-state index in [-0.39, 0.29) is 11.9 Å². The molecule has 1 atom stereocenters. The van der Waals surface area contributed by atoms with E-state index >= 15 is 0 Å². The zero-order valence-electron chi connectivity index (χ0n) is 13.6. The summed E-state index contributed by atoms with van der Waals surface area (Å²) in [5.41, 5.74) is 2.61. The first-order chi connectivity index (χ1) is 11.2. The number of hydrogen-bond donors (Lipinski definition) is 1. The van der Waals surface area contributed by atoms with Gasteiger partial charge in [-0.05, 0) is 30.5 Å². The normalized spacial score (nSPS) is 17.7. The van der Waals surface area contributed by atoms with E-state index in [0.29, 0.717) is 6.54 Å². The molecule has 1 amide bonds. The largest absolute Gasteiger partial charge is 0.348 e. The van der Waals surface area contributed by atoms with Crippen molar-refractivity contribution >= 4 is 17.2 Å². The number of rotatable bonds is 5. The summed E-state index contributed by atoms with van der Waals surface area (Å²) >= 11 is 1.57. The molecule has 122 valence electrons.